The lowest BCUT2D eigenvalue weighted by molar-refractivity contribution is -0.126. The van der Waals surface area contributed by atoms with Gasteiger partial charge in [-0.25, -0.2) is 4.79 Å². The van der Waals surface area contributed by atoms with Crippen molar-refractivity contribution in [3.8, 4) is 11.5 Å². The molecule has 0 aliphatic heterocycles. The highest BCUT2D eigenvalue weighted by Gasteiger charge is 2.12. The fourth-order valence-electron chi connectivity index (χ4n) is 2.16. The second-order valence-electron chi connectivity index (χ2n) is 5.65. The third-order valence-corrected chi connectivity index (χ3v) is 3.51. The first-order valence-electron chi connectivity index (χ1n) is 8.06. The van der Waals surface area contributed by atoms with Gasteiger partial charge in [0.2, 0.25) is 5.91 Å². The van der Waals surface area contributed by atoms with Gasteiger partial charge < -0.3 is 25.2 Å². The molecule has 142 valence electrons. The van der Waals surface area contributed by atoms with Gasteiger partial charge in [0.15, 0.2) is 6.61 Å². The third-order valence-electron chi connectivity index (χ3n) is 3.51. The zero-order valence-corrected chi connectivity index (χ0v) is 14.9. The van der Waals surface area contributed by atoms with Crippen LogP contribution in [0.5, 0.6) is 11.5 Å². The number of anilines is 1. The summed E-state index contributed by atoms with van der Waals surface area (Å²) in [7, 11) is 1.49. The van der Waals surface area contributed by atoms with E-state index in [0.717, 1.165) is 5.56 Å². The SMILES string of the molecule is COc1ccc(C)cc1NC(=O)CNC(=O)COC(=O)c1ccc(O)cc1. The summed E-state index contributed by atoms with van der Waals surface area (Å²) in [5.41, 5.74) is 1.64. The van der Waals surface area contributed by atoms with Gasteiger partial charge in [-0.05, 0) is 48.9 Å². The van der Waals surface area contributed by atoms with Crippen molar-refractivity contribution in [2.75, 3.05) is 25.6 Å². The number of hydrogen-bond acceptors (Lipinski definition) is 6. The van der Waals surface area contributed by atoms with Crippen molar-refractivity contribution >= 4 is 23.5 Å². The molecule has 0 fully saturated rings. The molecule has 0 spiro atoms. The maximum Gasteiger partial charge on any atom is 0.338 e. The molecule has 8 heteroatoms. The number of nitrogens with one attached hydrogen (secondary N) is 2. The predicted molar refractivity (Wildman–Crippen MR) is 97.8 cm³/mol. The molecular formula is C19H20N2O6. The molecule has 0 heterocycles. The molecule has 0 aliphatic carbocycles. The van der Waals surface area contributed by atoms with Crippen LogP contribution >= 0.6 is 0 Å². The Kier molecular flexibility index (Phi) is 6.76. The number of phenolic OH excluding ortho intramolecular Hbond substituents is 1. The van der Waals surface area contributed by atoms with Gasteiger partial charge in [-0.2, -0.15) is 0 Å². The van der Waals surface area contributed by atoms with Gasteiger partial charge in [-0.1, -0.05) is 6.07 Å². The smallest absolute Gasteiger partial charge is 0.338 e. The average molecular weight is 372 g/mol. The van der Waals surface area contributed by atoms with E-state index in [1.807, 2.05) is 13.0 Å². The lowest BCUT2D eigenvalue weighted by Crippen LogP contribution is -2.35. The van der Waals surface area contributed by atoms with E-state index in [1.165, 1.54) is 31.4 Å². The highest BCUT2D eigenvalue weighted by atomic mass is 16.5. The number of amides is 2. The molecule has 0 radical (unpaired) electrons. The number of methoxy groups -OCH3 is 1. The Morgan fingerprint density at radius 1 is 1.04 bits per heavy atom. The van der Waals surface area contributed by atoms with Crippen LogP contribution in [-0.4, -0.2) is 43.2 Å². The molecule has 2 amide bonds. The molecule has 0 unspecified atom stereocenters. The van der Waals surface area contributed by atoms with Crippen molar-refractivity contribution in [1.82, 2.24) is 5.32 Å². The largest absolute Gasteiger partial charge is 0.508 e. The molecule has 2 rings (SSSR count). The second-order valence-corrected chi connectivity index (χ2v) is 5.65. The van der Waals surface area contributed by atoms with Crippen LogP contribution < -0.4 is 15.4 Å². The summed E-state index contributed by atoms with van der Waals surface area (Å²) in [5.74, 6) is -1.26. The van der Waals surface area contributed by atoms with E-state index in [0.29, 0.717) is 11.4 Å². The summed E-state index contributed by atoms with van der Waals surface area (Å²) in [4.78, 5) is 35.5. The Balaban J connectivity index is 1.78. The standard InChI is InChI=1S/C19H20N2O6/c1-12-3-8-16(26-2)15(9-12)21-17(23)10-20-18(24)11-27-19(25)13-4-6-14(22)7-5-13/h3-9,22H,10-11H2,1-2H3,(H,20,24)(H,21,23). The average Bonchev–Trinajstić information content (AvgIpc) is 2.65. The molecule has 2 aromatic carbocycles. The molecule has 27 heavy (non-hydrogen) atoms. The van der Waals surface area contributed by atoms with E-state index < -0.39 is 24.4 Å². The van der Waals surface area contributed by atoms with Crippen LogP contribution in [0.1, 0.15) is 15.9 Å². The molecule has 0 saturated heterocycles. The number of esters is 1. The normalized spacial score (nSPS) is 10.0. The van der Waals surface area contributed by atoms with Crippen LogP contribution in [-0.2, 0) is 14.3 Å². The molecule has 0 bridgehead atoms. The first-order chi connectivity index (χ1) is 12.9. The van der Waals surface area contributed by atoms with Crippen LogP contribution in [0, 0.1) is 6.92 Å². The van der Waals surface area contributed by atoms with Crippen LogP contribution in [0.25, 0.3) is 0 Å². The Hall–Kier alpha value is -3.55. The molecule has 0 aliphatic rings. The zero-order valence-electron chi connectivity index (χ0n) is 14.9. The first kappa shape index (κ1) is 19.8. The Bertz CT molecular complexity index is 833. The number of aryl methyl sites for hydroxylation is 1. The molecule has 8 nitrogen and oxygen atoms in total. The first-order valence-corrected chi connectivity index (χ1v) is 8.06. The van der Waals surface area contributed by atoms with Crippen molar-refractivity contribution in [3.63, 3.8) is 0 Å². The van der Waals surface area contributed by atoms with Crippen molar-refractivity contribution in [2.45, 2.75) is 6.92 Å². The molecule has 0 aromatic heterocycles. The lowest BCUT2D eigenvalue weighted by Gasteiger charge is -2.11. The number of rotatable bonds is 7. The van der Waals surface area contributed by atoms with Crippen LogP contribution in [0.15, 0.2) is 42.5 Å². The fraction of sp³-hybridized carbons (Fsp3) is 0.211. The summed E-state index contributed by atoms with van der Waals surface area (Å²) in [6, 6.07) is 10.7. The zero-order chi connectivity index (χ0) is 19.8. The third kappa shape index (κ3) is 6.03. The molecule has 0 saturated carbocycles. The maximum absolute atomic E-state index is 12.0. The summed E-state index contributed by atoms with van der Waals surface area (Å²) in [6.07, 6.45) is 0. The molecule has 0 atom stereocenters. The van der Waals surface area contributed by atoms with E-state index in [2.05, 4.69) is 10.6 Å². The highest BCUT2D eigenvalue weighted by molar-refractivity contribution is 5.96. The van der Waals surface area contributed by atoms with Gasteiger partial charge in [0, 0.05) is 0 Å². The number of carbonyl (C=O) groups is 3. The summed E-state index contributed by atoms with van der Waals surface area (Å²) < 4.78 is 10.0. The van der Waals surface area contributed by atoms with E-state index >= 15 is 0 Å². The van der Waals surface area contributed by atoms with E-state index in [1.54, 1.807) is 12.1 Å². The fourth-order valence-corrected chi connectivity index (χ4v) is 2.16. The second kappa shape index (κ2) is 9.23. The maximum atomic E-state index is 12.0. The number of carbonyl (C=O) groups excluding carboxylic acids is 3. The summed E-state index contributed by atoms with van der Waals surface area (Å²) in [6.45, 7) is 1.06. The van der Waals surface area contributed by atoms with Crippen molar-refractivity contribution in [3.05, 3.63) is 53.6 Å². The lowest BCUT2D eigenvalue weighted by atomic mass is 10.2. The summed E-state index contributed by atoms with van der Waals surface area (Å²) in [5, 5.41) is 14.2. The highest BCUT2D eigenvalue weighted by Crippen LogP contribution is 2.24. The Morgan fingerprint density at radius 3 is 2.41 bits per heavy atom. The summed E-state index contributed by atoms with van der Waals surface area (Å²) >= 11 is 0. The number of aromatic hydroxyl groups is 1. The van der Waals surface area contributed by atoms with Crippen LogP contribution in [0.4, 0.5) is 5.69 Å². The van der Waals surface area contributed by atoms with Crippen molar-refractivity contribution < 1.29 is 29.0 Å². The van der Waals surface area contributed by atoms with Crippen LogP contribution in [0.2, 0.25) is 0 Å². The molecule has 2 aromatic rings. The minimum atomic E-state index is -0.709. The Labute approximate surface area is 156 Å². The number of benzene rings is 2. The van der Waals surface area contributed by atoms with Crippen molar-refractivity contribution in [1.29, 1.82) is 0 Å². The quantitative estimate of drug-likeness (QED) is 0.637. The van der Waals surface area contributed by atoms with Crippen molar-refractivity contribution in [2.24, 2.45) is 0 Å². The van der Waals surface area contributed by atoms with Gasteiger partial charge in [0.1, 0.15) is 11.5 Å². The van der Waals surface area contributed by atoms with Gasteiger partial charge in [0.05, 0.1) is 24.9 Å². The van der Waals surface area contributed by atoms with E-state index in [9.17, 15) is 19.5 Å². The van der Waals surface area contributed by atoms with Crippen LogP contribution in [0.3, 0.4) is 0 Å². The van der Waals surface area contributed by atoms with Gasteiger partial charge >= 0.3 is 5.97 Å². The number of phenols is 1. The molecule has 3 N–H and O–H groups in total. The van der Waals surface area contributed by atoms with E-state index in [-0.39, 0.29) is 17.9 Å². The van der Waals surface area contributed by atoms with Gasteiger partial charge in [0.25, 0.3) is 5.91 Å². The topological polar surface area (TPSA) is 114 Å². The van der Waals surface area contributed by atoms with E-state index in [4.69, 9.17) is 9.47 Å². The number of hydrogen-bond donors (Lipinski definition) is 3. The van der Waals surface area contributed by atoms with Gasteiger partial charge in [-0.15, -0.1) is 0 Å². The van der Waals surface area contributed by atoms with Gasteiger partial charge in [-0.3, -0.25) is 9.59 Å². The minimum Gasteiger partial charge on any atom is -0.508 e. The Morgan fingerprint density at radius 2 is 1.74 bits per heavy atom. The minimum absolute atomic E-state index is 0.0144. The molecular weight excluding hydrogens is 352 g/mol. The number of ether oxygens (including phenoxy) is 2. The predicted octanol–water partition coefficient (Wildman–Crippen LogP) is 1.62. The monoisotopic (exact) mass is 372 g/mol.